The van der Waals surface area contributed by atoms with Crippen molar-refractivity contribution in [2.75, 3.05) is 26.2 Å². The van der Waals surface area contributed by atoms with E-state index < -0.39 is 17.9 Å². The molecule has 40 heavy (non-hydrogen) atoms. The van der Waals surface area contributed by atoms with Gasteiger partial charge in [0.25, 0.3) is 0 Å². The Hall–Kier alpha value is -1.89. The van der Waals surface area contributed by atoms with Crippen LogP contribution in [0.5, 0.6) is 0 Å². The molecule has 0 rings (SSSR count). The molecule has 7 nitrogen and oxygen atoms in total. The number of carboxylic acid groups (broad SMARTS) is 3. The lowest BCUT2D eigenvalue weighted by Crippen LogP contribution is -2.53. The highest BCUT2D eigenvalue weighted by Gasteiger charge is 2.28. The van der Waals surface area contributed by atoms with E-state index in [1.165, 1.54) is 96.3 Å². The van der Waals surface area contributed by atoms with Crippen LogP contribution in [0.3, 0.4) is 0 Å². The summed E-state index contributed by atoms with van der Waals surface area (Å²) in [5.74, 6) is -3.09. The SMILES string of the molecule is CCCCCCCCCCCCCCCCC/C=C/CCCCC[N+](CCC(=O)[O-])(CCC(=O)O)CCC(=O)O. The van der Waals surface area contributed by atoms with Crippen molar-refractivity contribution in [3.63, 3.8) is 0 Å². The van der Waals surface area contributed by atoms with E-state index in [1.807, 2.05) is 0 Å². The van der Waals surface area contributed by atoms with Gasteiger partial charge >= 0.3 is 11.9 Å². The predicted octanol–water partition coefficient (Wildman–Crippen LogP) is 7.27. The van der Waals surface area contributed by atoms with Gasteiger partial charge in [0, 0.05) is 12.4 Å². The van der Waals surface area contributed by atoms with Gasteiger partial charge in [0.15, 0.2) is 0 Å². The van der Waals surface area contributed by atoms with Crippen molar-refractivity contribution in [3.8, 4) is 0 Å². The third-order valence-electron chi connectivity index (χ3n) is 8.03. The zero-order valence-electron chi connectivity index (χ0n) is 25.7. The van der Waals surface area contributed by atoms with Gasteiger partial charge in [0.1, 0.15) is 0 Å². The van der Waals surface area contributed by atoms with Crippen LogP contribution in [0, 0.1) is 0 Å². The number of hydrogen-bond acceptors (Lipinski definition) is 4. The molecule has 0 radical (unpaired) electrons. The smallest absolute Gasteiger partial charge is 0.309 e. The molecule has 0 bridgehead atoms. The molecule has 0 amide bonds. The molecule has 0 aliphatic heterocycles. The second-order valence-electron chi connectivity index (χ2n) is 11.7. The fourth-order valence-electron chi connectivity index (χ4n) is 5.42. The van der Waals surface area contributed by atoms with E-state index in [0.717, 1.165) is 32.1 Å². The molecule has 0 aliphatic rings. The molecule has 0 aromatic carbocycles. The minimum absolute atomic E-state index is 0.102. The number of rotatable bonds is 31. The van der Waals surface area contributed by atoms with E-state index in [1.54, 1.807) is 0 Å². The first-order chi connectivity index (χ1) is 19.3. The Labute approximate surface area is 245 Å². The molecular weight excluding hydrogens is 506 g/mol. The van der Waals surface area contributed by atoms with E-state index >= 15 is 0 Å². The summed E-state index contributed by atoms with van der Waals surface area (Å²) in [4.78, 5) is 33.3. The molecule has 234 valence electrons. The standard InChI is InChI=1S/C33H61NO6/c1-2-3-4-5-6-7-8-9-10-11-12-13-14-15-16-17-18-19-20-21-22-23-27-34(28-24-31(35)36,29-25-32(37)38)30-26-33(39)40/h18-19H,2-17,20-30H2,1H3,(H2-,35,36,37,38,39,40)/b19-18+. The molecular formula is C33H61NO6. The lowest BCUT2D eigenvalue weighted by molar-refractivity contribution is -0.927. The van der Waals surface area contributed by atoms with Crippen LogP contribution >= 0.6 is 0 Å². The number of allylic oxidation sites excluding steroid dienone is 2. The summed E-state index contributed by atoms with van der Waals surface area (Å²) in [7, 11) is 0. The van der Waals surface area contributed by atoms with Crippen molar-refractivity contribution < 1.29 is 34.2 Å². The van der Waals surface area contributed by atoms with Gasteiger partial charge in [-0.3, -0.25) is 9.59 Å². The Morgan fingerprint density at radius 1 is 0.525 bits per heavy atom. The average molecular weight is 568 g/mol. The number of quaternary nitrogens is 1. The van der Waals surface area contributed by atoms with Gasteiger partial charge in [-0.05, 0) is 38.5 Å². The lowest BCUT2D eigenvalue weighted by atomic mass is 10.0. The van der Waals surface area contributed by atoms with Gasteiger partial charge < -0.3 is 24.6 Å². The summed E-state index contributed by atoms with van der Waals surface area (Å²) in [6.07, 6.45) is 29.7. The molecule has 0 unspecified atom stereocenters. The van der Waals surface area contributed by atoms with Crippen LogP contribution in [0.2, 0.25) is 0 Å². The summed E-state index contributed by atoms with van der Waals surface area (Å²) < 4.78 is 0.210. The highest BCUT2D eigenvalue weighted by Crippen LogP contribution is 2.17. The fraction of sp³-hybridized carbons (Fsp3) is 0.848. The predicted molar refractivity (Wildman–Crippen MR) is 161 cm³/mol. The minimum atomic E-state index is -1.19. The average Bonchev–Trinajstić information content (AvgIpc) is 2.92. The molecule has 0 spiro atoms. The van der Waals surface area contributed by atoms with E-state index in [-0.39, 0.29) is 43.4 Å². The zero-order chi connectivity index (χ0) is 29.7. The first kappa shape index (κ1) is 38.1. The highest BCUT2D eigenvalue weighted by atomic mass is 16.4. The van der Waals surface area contributed by atoms with Gasteiger partial charge in [0.05, 0.1) is 39.0 Å². The van der Waals surface area contributed by atoms with E-state index in [4.69, 9.17) is 10.2 Å². The number of carbonyl (C=O) groups excluding carboxylic acids is 1. The lowest BCUT2D eigenvalue weighted by Gasteiger charge is -2.38. The second kappa shape index (κ2) is 27.3. The molecule has 2 N–H and O–H groups in total. The molecule has 0 aliphatic carbocycles. The normalized spacial score (nSPS) is 11.8. The molecule has 0 fully saturated rings. The van der Waals surface area contributed by atoms with Crippen molar-refractivity contribution in [2.24, 2.45) is 0 Å². The Morgan fingerprint density at radius 3 is 1.25 bits per heavy atom. The van der Waals surface area contributed by atoms with Gasteiger partial charge in [-0.15, -0.1) is 0 Å². The maximum Gasteiger partial charge on any atom is 0.309 e. The molecule has 0 atom stereocenters. The van der Waals surface area contributed by atoms with Crippen LogP contribution in [0.4, 0.5) is 0 Å². The van der Waals surface area contributed by atoms with Crippen LogP contribution in [-0.2, 0) is 14.4 Å². The Kier molecular flexibility index (Phi) is 26.0. The molecule has 0 heterocycles. The molecule has 0 aromatic heterocycles. The van der Waals surface area contributed by atoms with Gasteiger partial charge in [-0.25, -0.2) is 0 Å². The monoisotopic (exact) mass is 567 g/mol. The van der Waals surface area contributed by atoms with Crippen LogP contribution in [-0.4, -0.2) is 58.8 Å². The molecule has 0 saturated heterocycles. The van der Waals surface area contributed by atoms with E-state index in [9.17, 15) is 19.5 Å². The Balaban J connectivity index is 3.87. The van der Waals surface area contributed by atoms with E-state index in [2.05, 4.69) is 19.1 Å². The van der Waals surface area contributed by atoms with Crippen molar-refractivity contribution in [3.05, 3.63) is 12.2 Å². The summed E-state index contributed by atoms with van der Waals surface area (Å²) in [5, 5.41) is 29.3. The quantitative estimate of drug-likeness (QED) is 0.0517. The first-order valence-electron chi connectivity index (χ1n) is 16.4. The number of carbonyl (C=O) groups is 3. The molecule has 0 aromatic rings. The third-order valence-corrected chi connectivity index (χ3v) is 8.03. The summed E-state index contributed by atoms with van der Waals surface area (Å²) >= 11 is 0. The van der Waals surface area contributed by atoms with E-state index in [0.29, 0.717) is 6.54 Å². The topological polar surface area (TPSA) is 115 Å². The number of unbranched alkanes of at least 4 members (excludes halogenated alkanes) is 18. The van der Waals surface area contributed by atoms with Gasteiger partial charge in [0.2, 0.25) is 0 Å². The number of aliphatic carboxylic acids is 3. The number of nitrogens with zero attached hydrogens (tertiary/aromatic N) is 1. The summed E-state index contributed by atoms with van der Waals surface area (Å²) in [6, 6.07) is 0. The van der Waals surface area contributed by atoms with Gasteiger partial charge in [-0.2, -0.15) is 0 Å². The van der Waals surface area contributed by atoms with Crippen LogP contribution < -0.4 is 5.11 Å². The van der Waals surface area contributed by atoms with Crippen LogP contribution in [0.1, 0.15) is 155 Å². The second-order valence-corrected chi connectivity index (χ2v) is 11.7. The van der Waals surface area contributed by atoms with Crippen molar-refractivity contribution in [2.45, 2.75) is 155 Å². The van der Waals surface area contributed by atoms with Crippen molar-refractivity contribution in [1.82, 2.24) is 0 Å². The zero-order valence-corrected chi connectivity index (χ0v) is 25.7. The molecule has 0 saturated carbocycles. The largest absolute Gasteiger partial charge is 0.550 e. The van der Waals surface area contributed by atoms with Crippen LogP contribution in [0.15, 0.2) is 12.2 Å². The molecule has 7 heteroatoms. The minimum Gasteiger partial charge on any atom is -0.550 e. The van der Waals surface area contributed by atoms with Gasteiger partial charge in [-0.1, -0.05) is 109 Å². The third kappa shape index (κ3) is 26.3. The van der Waals surface area contributed by atoms with Crippen molar-refractivity contribution >= 4 is 17.9 Å². The highest BCUT2D eigenvalue weighted by molar-refractivity contribution is 5.67. The van der Waals surface area contributed by atoms with Crippen LogP contribution in [0.25, 0.3) is 0 Å². The Bertz CT molecular complexity index is 618. The number of carboxylic acids is 3. The fourth-order valence-corrected chi connectivity index (χ4v) is 5.42. The summed E-state index contributed by atoms with van der Waals surface area (Å²) in [5.41, 5.74) is 0. The maximum absolute atomic E-state index is 11.1. The maximum atomic E-state index is 11.1. The first-order valence-corrected chi connectivity index (χ1v) is 16.4. The number of hydrogen-bond donors (Lipinski definition) is 2. The summed E-state index contributed by atoms with van der Waals surface area (Å²) in [6.45, 7) is 3.57. The van der Waals surface area contributed by atoms with Crippen molar-refractivity contribution in [1.29, 1.82) is 0 Å². The Morgan fingerprint density at radius 2 is 0.875 bits per heavy atom.